The molecule has 2 heteroatoms. The number of likely N-dealkylation sites (N-methyl/N-ethyl adjacent to an activating group) is 1. The summed E-state index contributed by atoms with van der Waals surface area (Å²) in [6, 6.07) is 11.3. The van der Waals surface area contributed by atoms with Gasteiger partial charge in [-0.05, 0) is 24.4 Å². The van der Waals surface area contributed by atoms with Crippen LogP contribution in [0.15, 0.2) is 30.3 Å². The smallest absolute Gasteiger partial charge is 0.0510 e. The van der Waals surface area contributed by atoms with Gasteiger partial charge in [0.05, 0.1) is 6.61 Å². The Morgan fingerprint density at radius 3 is 2.71 bits per heavy atom. The normalized spacial score (nSPS) is 23.5. The van der Waals surface area contributed by atoms with Crippen LogP contribution in [0.1, 0.15) is 31.7 Å². The number of hydrogen-bond donors (Lipinski definition) is 1. The number of hydrogen-bond acceptors (Lipinski definition) is 2. The van der Waals surface area contributed by atoms with Crippen molar-refractivity contribution < 1.29 is 4.74 Å². The third-order valence-corrected chi connectivity index (χ3v) is 3.78. The first-order valence-electron chi connectivity index (χ1n) is 6.69. The zero-order valence-corrected chi connectivity index (χ0v) is 10.9. The molecule has 0 amide bonds. The van der Waals surface area contributed by atoms with Crippen LogP contribution in [-0.2, 0) is 4.74 Å². The maximum Gasteiger partial charge on any atom is 0.0510 e. The van der Waals surface area contributed by atoms with Gasteiger partial charge in [0.2, 0.25) is 0 Å². The number of benzene rings is 1. The van der Waals surface area contributed by atoms with E-state index in [1.54, 1.807) is 0 Å². The first kappa shape index (κ1) is 12.6. The SMILES string of the molecule is CCNC(C1CCOC1)C(C)c1ccccc1. The highest BCUT2D eigenvalue weighted by Crippen LogP contribution is 2.28. The molecular formula is C15H23NO. The second-order valence-corrected chi connectivity index (χ2v) is 4.91. The molecule has 0 aromatic heterocycles. The standard InChI is InChI=1S/C15H23NO/c1-3-16-15(14-9-10-17-11-14)12(2)13-7-5-4-6-8-13/h4-8,12,14-16H,3,9-11H2,1-2H3. The van der Waals surface area contributed by atoms with Crippen molar-refractivity contribution in [3.8, 4) is 0 Å². The monoisotopic (exact) mass is 233 g/mol. The number of ether oxygens (including phenoxy) is 1. The molecule has 3 unspecified atom stereocenters. The molecule has 0 spiro atoms. The van der Waals surface area contributed by atoms with Crippen LogP contribution in [0.4, 0.5) is 0 Å². The molecule has 0 aliphatic carbocycles. The highest BCUT2D eigenvalue weighted by atomic mass is 16.5. The van der Waals surface area contributed by atoms with E-state index in [1.807, 2.05) is 0 Å². The maximum atomic E-state index is 5.53. The van der Waals surface area contributed by atoms with E-state index in [2.05, 4.69) is 49.5 Å². The fourth-order valence-corrected chi connectivity index (χ4v) is 2.79. The minimum atomic E-state index is 0.532. The van der Waals surface area contributed by atoms with Crippen LogP contribution in [0.5, 0.6) is 0 Å². The average Bonchev–Trinajstić information content (AvgIpc) is 2.90. The second-order valence-electron chi connectivity index (χ2n) is 4.91. The zero-order valence-electron chi connectivity index (χ0n) is 10.9. The van der Waals surface area contributed by atoms with Crippen molar-refractivity contribution in [1.29, 1.82) is 0 Å². The Bertz CT molecular complexity index is 319. The highest BCUT2D eigenvalue weighted by Gasteiger charge is 2.29. The summed E-state index contributed by atoms with van der Waals surface area (Å²) < 4.78 is 5.53. The minimum Gasteiger partial charge on any atom is -0.381 e. The van der Waals surface area contributed by atoms with Gasteiger partial charge >= 0.3 is 0 Å². The summed E-state index contributed by atoms with van der Waals surface area (Å²) in [6.07, 6.45) is 1.19. The van der Waals surface area contributed by atoms with E-state index in [9.17, 15) is 0 Å². The summed E-state index contributed by atoms with van der Waals surface area (Å²) in [4.78, 5) is 0. The molecule has 94 valence electrons. The number of nitrogens with one attached hydrogen (secondary N) is 1. The maximum absolute atomic E-state index is 5.53. The molecule has 1 aromatic carbocycles. The molecule has 0 saturated carbocycles. The lowest BCUT2D eigenvalue weighted by Gasteiger charge is -2.29. The van der Waals surface area contributed by atoms with Crippen LogP contribution in [0.25, 0.3) is 0 Å². The lowest BCUT2D eigenvalue weighted by molar-refractivity contribution is 0.173. The topological polar surface area (TPSA) is 21.3 Å². The molecule has 3 atom stereocenters. The molecule has 2 nitrogen and oxygen atoms in total. The van der Waals surface area contributed by atoms with E-state index < -0.39 is 0 Å². The molecule has 1 saturated heterocycles. The minimum absolute atomic E-state index is 0.532. The Morgan fingerprint density at radius 2 is 2.12 bits per heavy atom. The van der Waals surface area contributed by atoms with Crippen LogP contribution in [0.2, 0.25) is 0 Å². The van der Waals surface area contributed by atoms with Crippen molar-refractivity contribution in [2.45, 2.75) is 32.2 Å². The van der Waals surface area contributed by atoms with Crippen molar-refractivity contribution in [3.63, 3.8) is 0 Å². The van der Waals surface area contributed by atoms with Gasteiger partial charge in [-0.2, -0.15) is 0 Å². The van der Waals surface area contributed by atoms with Crippen molar-refractivity contribution in [2.24, 2.45) is 5.92 Å². The van der Waals surface area contributed by atoms with Gasteiger partial charge in [0.25, 0.3) is 0 Å². The Kier molecular flexibility index (Phi) is 4.57. The van der Waals surface area contributed by atoms with E-state index in [4.69, 9.17) is 4.74 Å². The van der Waals surface area contributed by atoms with E-state index in [0.717, 1.165) is 19.8 Å². The molecule has 2 rings (SSSR count). The largest absolute Gasteiger partial charge is 0.381 e. The summed E-state index contributed by atoms with van der Waals surface area (Å²) in [7, 11) is 0. The number of rotatable bonds is 5. The zero-order chi connectivity index (χ0) is 12.1. The van der Waals surface area contributed by atoms with Gasteiger partial charge in [-0.25, -0.2) is 0 Å². The summed E-state index contributed by atoms with van der Waals surface area (Å²) in [5, 5.41) is 3.64. The van der Waals surface area contributed by atoms with Gasteiger partial charge in [0.1, 0.15) is 0 Å². The third kappa shape index (κ3) is 3.08. The molecule has 0 radical (unpaired) electrons. The van der Waals surface area contributed by atoms with Crippen LogP contribution in [0.3, 0.4) is 0 Å². The Hall–Kier alpha value is -0.860. The van der Waals surface area contributed by atoms with Crippen molar-refractivity contribution in [3.05, 3.63) is 35.9 Å². The predicted molar refractivity (Wildman–Crippen MR) is 71.2 cm³/mol. The molecule has 1 aliphatic rings. The van der Waals surface area contributed by atoms with Gasteiger partial charge in [-0.3, -0.25) is 0 Å². The molecule has 0 bridgehead atoms. The van der Waals surface area contributed by atoms with E-state index in [1.165, 1.54) is 12.0 Å². The first-order valence-corrected chi connectivity index (χ1v) is 6.69. The quantitative estimate of drug-likeness (QED) is 0.844. The fraction of sp³-hybridized carbons (Fsp3) is 0.600. The van der Waals surface area contributed by atoms with Gasteiger partial charge in [-0.15, -0.1) is 0 Å². The van der Waals surface area contributed by atoms with Gasteiger partial charge in [0.15, 0.2) is 0 Å². The van der Waals surface area contributed by atoms with Gasteiger partial charge < -0.3 is 10.1 Å². The molecule has 1 heterocycles. The van der Waals surface area contributed by atoms with Crippen LogP contribution >= 0.6 is 0 Å². The average molecular weight is 233 g/mol. The summed E-state index contributed by atoms with van der Waals surface area (Å²) in [5.74, 6) is 1.20. The molecule has 17 heavy (non-hydrogen) atoms. The summed E-state index contributed by atoms with van der Waals surface area (Å²) in [5.41, 5.74) is 1.42. The summed E-state index contributed by atoms with van der Waals surface area (Å²) >= 11 is 0. The molecule has 1 aromatic rings. The van der Waals surface area contributed by atoms with E-state index in [0.29, 0.717) is 17.9 Å². The lowest BCUT2D eigenvalue weighted by atomic mass is 9.84. The van der Waals surface area contributed by atoms with Crippen molar-refractivity contribution in [2.75, 3.05) is 19.8 Å². The van der Waals surface area contributed by atoms with Crippen LogP contribution < -0.4 is 5.32 Å². The molecule has 1 aliphatic heterocycles. The molecule has 1 fully saturated rings. The highest BCUT2D eigenvalue weighted by molar-refractivity contribution is 5.21. The van der Waals surface area contributed by atoms with Crippen molar-refractivity contribution >= 4 is 0 Å². The Labute approximate surface area is 104 Å². The molecular weight excluding hydrogens is 210 g/mol. The molecule has 1 N–H and O–H groups in total. The van der Waals surface area contributed by atoms with Gasteiger partial charge in [-0.1, -0.05) is 44.2 Å². The third-order valence-electron chi connectivity index (χ3n) is 3.78. The van der Waals surface area contributed by atoms with Gasteiger partial charge in [0, 0.05) is 18.6 Å². The Morgan fingerprint density at radius 1 is 1.35 bits per heavy atom. The second kappa shape index (κ2) is 6.18. The van der Waals surface area contributed by atoms with E-state index in [-0.39, 0.29) is 0 Å². The van der Waals surface area contributed by atoms with Crippen LogP contribution in [-0.4, -0.2) is 25.8 Å². The van der Waals surface area contributed by atoms with E-state index >= 15 is 0 Å². The summed E-state index contributed by atoms with van der Waals surface area (Å²) in [6.45, 7) is 7.36. The van der Waals surface area contributed by atoms with Crippen LogP contribution in [0, 0.1) is 5.92 Å². The predicted octanol–water partition coefficient (Wildman–Crippen LogP) is 2.80. The van der Waals surface area contributed by atoms with Crippen molar-refractivity contribution in [1.82, 2.24) is 5.32 Å². The Balaban J connectivity index is 2.09. The first-order chi connectivity index (χ1) is 8.33. The fourth-order valence-electron chi connectivity index (χ4n) is 2.79. The lowest BCUT2D eigenvalue weighted by Crippen LogP contribution is -2.40.